The van der Waals surface area contributed by atoms with Crippen molar-refractivity contribution in [2.24, 2.45) is 0 Å². The van der Waals surface area contributed by atoms with Gasteiger partial charge in [0, 0.05) is 0 Å². The van der Waals surface area contributed by atoms with Crippen LogP contribution in [0, 0.1) is 0 Å². The smallest absolute Gasteiger partial charge is 0.335 e. The molecule has 0 saturated heterocycles. The van der Waals surface area contributed by atoms with E-state index in [4.69, 9.17) is 0 Å². The number of amides is 1. The fraction of sp³-hybridized carbons (Fsp3) is 0.250. The van der Waals surface area contributed by atoms with Crippen molar-refractivity contribution in [1.82, 2.24) is 20.7 Å². The molecule has 1 atom stereocenters. The zero-order chi connectivity index (χ0) is 17.3. The molecule has 1 amide bonds. The molecule has 11 heteroatoms. The van der Waals surface area contributed by atoms with Crippen LogP contribution >= 0.6 is 0 Å². The molecule has 0 fully saturated rings. The van der Waals surface area contributed by atoms with Gasteiger partial charge in [-0.05, 0) is 11.6 Å². The first-order valence-electron chi connectivity index (χ1n) is 6.00. The van der Waals surface area contributed by atoms with Crippen molar-refractivity contribution in [3.05, 3.63) is 47.3 Å². The van der Waals surface area contributed by atoms with E-state index < -0.39 is 41.1 Å². The number of hydrogen-bond donors (Lipinski definition) is 2. The Hall–Kier alpha value is -2.59. The summed E-state index contributed by atoms with van der Waals surface area (Å²) in [5.41, 5.74) is -3.07. The van der Waals surface area contributed by atoms with Crippen LogP contribution < -0.4 is 5.32 Å². The van der Waals surface area contributed by atoms with E-state index in [-0.39, 0.29) is 0 Å². The number of aromatic nitrogens is 3. The number of H-pyrrole nitrogens is 1. The molecule has 0 radical (unpaired) electrons. The van der Waals surface area contributed by atoms with Crippen LogP contribution in [-0.4, -0.2) is 27.5 Å². The number of halogens is 6. The third-order valence-electron chi connectivity index (χ3n) is 2.83. The Bertz CT molecular complexity index is 680. The van der Waals surface area contributed by atoms with E-state index >= 15 is 0 Å². The van der Waals surface area contributed by atoms with Gasteiger partial charge in [0.05, 0.1) is 11.8 Å². The van der Waals surface area contributed by atoms with Crippen molar-refractivity contribution < 1.29 is 31.1 Å². The van der Waals surface area contributed by atoms with Gasteiger partial charge < -0.3 is 5.32 Å². The van der Waals surface area contributed by atoms with Crippen molar-refractivity contribution >= 4 is 5.91 Å². The molecule has 0 aliphatic rings. The van der Waals surface area contributed by atoms with E-state index in [9.17, 15) is 31.1 Å². The summed E-state index contributed by atoms with van der Waals surface area (Å²) in [7, 11) is 0. The summed E-state index contributed by atoms with van der Waals surface area (Å²) in [5.74, 6) is -1.31. The normalized spacial score (nSPS) is 13.7. The summed E-state index contributed by atoms with van der Waals surface area (Å²) in [6.45, 7) is 0. The van der Waals surface area contributed by atoms with Crippen molar-refractivity contribution in [3.63, 3.8) is 0 Å². The highest BCUT2D eigenvalue weighted by atomic mass is 19.4. The molecule has 0 aliphatic carbocycles. The maximum atomic E-state index is 13.2. The molecule has 1 heterocycles. The van der Waals surface area contributed by atoms with E-state index in [1.165, 1.54) is 5.32 Å². The molecular weight excluding hydrogens is 330 g/mol. The summed E-state index contributed by atoms with van der Waals surface area (Å²) >= 11 is 0. The van der Waals surface area contributed by atoms with Gasteiger partial charge in [-0.2, -0.15) is 41.8 Å². The standard InChI is InChI=1S/C12H8F6N4O/c13-11(14,15)7-4-2-1-3-6(7)9(12(16,17)18)20-10(23)8-5-19-22-21-8/h1-5,9H,(H,20,23)(H,19,21,22)/t9-/m0/s1. The van der Waals surface area contributed by atoms with Crippen molar-refractivity contribution in [2.75, 3.05) is 0 Å². The minimum Gasteiger partial charge on any atom is -0.335 e. The first-order chi connectivity index (χ1) is 10.6. The fourth-order valence-corrected chi connectivity index (χ4v) is 1.86. The highest BCUT2D eigenvalue weighted by Crippen LogP contribution is 2.40. The third kappa shape index (κ3) is 3.79. The van der Waals surface area contributed by atoms with Crippen LogP contribution in [0.5, 0.6) is 0 Å². The van der Waals surface area contributed by atoms with Crippen molar-refractivity contribution in [2.45, 2.75) is 18.4 Å². The minimum absolute atomic E-state index is 0.483. The van der Waals surface area contributed by atoms with Gasteiger partial charge in [-0.3, -0.25) is 4.79 Å². The molecule has 2 aromatic rings. The molecule has 5 nitrogen and oxygen atoms in total. The van der Waals surface area contributed by atoms with E-state index in [2.05, 4.69) is 10.2 Å². The van der Waals surface area contributed by atoms with Gasteiger partial charge in [0.2, 0.25) is 0 Å². The number of nitrogens with one attached hydrogen (secondary N) is 2. The second-order valence-electron chi connectivity index (χ2n) is 4.39. The van der Waals surface area contributed by atoms with E-state index in [1.54, 1.807) is 0 Å². The maximum absolute atomic E-state index is 13.2. The second kappa shape index (κ2) is 5.89. The number of hydrogen-bond acceptors (Lipinski definition) is 3. The van der Waals surface area contributed by atoms with Gasteiger partial charge in [-0.15, -0.1) is 0 Å². The summed E-state index contributed by atoms with van der Waals surface area (Å²) in [6.07, 6.45) is -9.29. The highest BCUT2D eigenvalue weighted by Gasteiger charge is 2.46. The maximum Gasteiger partial charge on any atom is 0.416 e. The van der Waals surface area contributed by atoms with Crippen LogP contribution in [0.15, 0.2) is 30.5 Å². The molecular formula is C12H8F6N4O. The van der Waals surface area contributed by atoms with Crippen LogP contribution in [0.1, 0.15) is 27.7 Å². The van der Waals surface area contributed by atoms with Crippen LogP contribution in [0.4, 0.5) is 26.3 Å². The molecule has 0 bridgehead atoms. The third-order valence-corrected chi connectivity index (χ3v) is 2.83. The predicted octanol–water partition coefficient (Wildman–Crippen LogP) is 2.86. The Labute approximate surface area is 124 Å². The Kier molecular flexibility index (Phi) is 4.30. The Morgan fingerprint density at radius 2 is 1.78 bits per heavy atom. The fourth-order valence-electron chi connectivity index (χ4n) is 1.86. The lowest BCUT2D eigenvalue weighted by Gasteiger charge is -2.24. The quantitative estimate of drug-likeness (QED) is 0.846. The van der Waals surface area contributed by atoms with E-state index in [0.717, 1.165) is 18.3 Å². The van der Waals surface area contributed by atoms with Crippen LogP contribution in [0.25, 0.3) is 0 Å². The van der Waals surface area contributed by atoms with Crippen LogP contribution in [0.2, 0.25) is 0 Å². The molecule has 1 aromatic carbocycles. The zero-order valence-electron chi connectivity index (χ0n) is 11.0. The average molecular weight is 338 g/mol. The molecule has 2 rings (SSSR count). The number of carbonyl (C=O) groups excluding carboxylic acids is 1. The van der Waals surface area contributed by atoms with Gasteiger partial charge in [-0.1, -0.05) is 18.2 Å². The summed E-state index contributed by atoms with van der Waals surface area (Å²) in [6, 6.07) is 0.301. The number of benzene rings is 1. The van der Waals surface area contributed by atoms with Crippen molar-refractivity contribution in [3.8, 4) is 0 Å². The predicted molar refractivity (Wildman–Crippen MR) is 64.1 cm³/mol. The Morgan fingerprint density at radius 3 is 2.30 bits per heavy atom. The number of nitrogens with zero attached hydrogens (tertiary/aromatic N) is 2. The summed E-state index contributed by atoms with van der Waals surface area (Å²) in [5, 5.41) is 10.0. The topological polar surface area (TPSA) is 70.7 Å². The molecule has 0 spiro atoms. The molecule has 0 unspecified atom stereocenters. The number of rotatable bonds is 3. The number of carbonyl (C=O) groups is 1. The lowest BCUT2D eigenvalue weighted by molar-refractivity contribution is -0.160. The zero-order valence-corrected chi connectivity index (χ0v) is 11.0. The van der Waals surface area contributed by atoms with Gasteiger partial charge in [0.25, 0.3) is 5.91 Å². The van der Waals surface area contributed by atoms with Gasteiger partial charge >= 0.3 is 12.4 Å². The molecule has 0 saturated carbocycles. The van der Waals surface area contributed by atoms with Gasteiger partial charge in [0.1, 0.15) is 0 Å². The summed E-state index contributed by atoms with van der Waals surface area (Å²) in [4.78, 5) is 11.7. The molecule has 124 valence electrons. The summed E-state index contributed by atoms with van der Waals surface area (Å²) < 4.78 is 78.2. The average Bonchev–Trinajstić information content (AvgIpc) is 2.96. The van der Waals surface area contributed by atoms with Gasteiger partial charge in [-0.25, -0.2) is 0 Å². The molecule has 1 aromatic heterocycles. The molecule has 23 heavy (non-hydrogen) atoms. The first-order valence-corrected chi connectivity index (χ1v) is 6.00. The Balaban J connectivity index is 2.43. The van der Waals surface area contributed by atoms with Crippen LogP contribution in [0.3, 0.4) is 0 Å². The first kappa shape index (κ1) is 16.8. The molecule has 0 aliphatic heterocycles. The monoisotopic (exact) mass is 338 g/mol. The highest BCUT2D eigenvalue weighted by molar-refractivity contribution is 5.92. The van der Waals surface area contributed by atoms with Crippen LogP contribution in [-0.2, 0) is 6.18 Å². The molecule has 2 N–H and O–H groups in total. The minimum atomic E-state index is -5.14. The number of aromatic amines is 1. The van der Waals surface area contributed by atoms with Crippen molar-refractivity contribution in [1.29, 1.82) is 0 Å². The SMILES string of the molecule is O=C(N[C@@H](c1ccccc1C(F)(F)F)C(F)(F)F)c1cn[nH]n1. The number of alkyl halides is 6. The lowest BCUT2D eigenvalue weighted by Crippen LogP contribution is -2.39. The Morgan fingerprint density at radius 1 is 1.13 bits per heavy atom. The second-order valence-corrected chi connectivity index (χ2v) is 4.39. The lowest BCUT2D eigenvalue weighted by atomic mass is 9.99. The van der Waals surface area contributed by atoms with E-state index in [0.29, 0.717) is 12.1 Å². The largest absolute Gasteiger partial charge is 0.416 e. The van der Waals surface area contributed by atoms with E-state index in [1.807, 2.05) is 5.21 Å². The van der Waals surface area contributed by atoms with Gasteiger partial charge in [0.15, 0.2) is 11.7 Å².